The predicted octanol–water partition coefficient (Wildman–Crippen LogP) is 0.814. The minimum atomic E-state index is -2.83. The molecule has 1 aromatic rings. The number of nitrogens with one attached hydrogen (secondary N) is 1. The average Bonchev–Trinajstić information content (AvgIpc) is 2.37. The van der Waals surface area contributed by atoms with Crippen molar-refractivity contribution < 1.29 is 8.42 Å². The maximum atomic E-state index is 11.4. The first-order valence-corrected chi connectivity index (χ1v) is 8.42. The van der Waals surface area contributed by atoms with Crippen LogP contribution in [0.5, 0.6) is 0 Å². The third-order valence-corrected chi connectivity index (χ3v) is 4.80. The highest BCUT2D eigenvalue weighted by molar-refractivity contribution is 7.91. The van der Waals surface area contributed by atoms with Crippen LogP contribution >= 0.6 is 0 Å². The van der Waals surface area contributed by atoms with Crippen LogP contribution in [0.2, 0.25) is 0 Å². The van der Waals surface area contributed by atoms with Crippen LogP contribution in [0.1, 0.15) is 19.4 Å². The molecule has 0 aliphatic carbocycles. The van der Waals surface area contributed by atoms with Crippen molar-refractivity contribution in [3.05, 3.63) is 23.9 Å². The predicted molar refractivity (Wildman–Crippen MR) is 77.1 cm³/mol. The van der Waals surface area contributed by atoms with Gasteiger partial charge in [0.15, 0.2) is 9.84 Å². The average molecular weight is 283 g/mol. The van der Waals surface area contributed by atoms with Crippen molar-refractivity contribution in [2.24, 2.45) is 0 Å². The second kappa shape index (κ2) is 5.88. The Bertz CT molecular complexity index is 497. The number of rotatable bonds is 4. The highest BCUT2D eigenvalue weighted by atomic mass is 32.2. The van der Waals surface area contributed by atoms with E-state index in [0.29, 0.717) is 19.1 Å². The van der Waals surface area contributed by atoms with Crippen LogP contribution in [-0.2, 0) is 16.4 Å². The van der Waals surface area contributed by atoms with Crippen LogP contribution < -0.4 is 10.2 Å². The number of pyridine rings is 1. The van der Waals surface area contributed by atoms with Crippen molar-refractivity contribution in [3.8, 4) is 0 Å². The molecule has 2 rings (SSSR count). The van der Waals surface area contributed by atoms with Crippen LogP contribution in [0.15, 0.2) is 18.3 Å². The summed E-state index contributed by atoms with van der Waals surface area (Å²) in [6.45, 7) is 6.10. The molecule has 0 unspecified atom stereocenters. The Kier molecular flexibility index (Phi) is 4.42. The topological polar surface area (TPSA) is 62.3 Å². The summed E-state index contributed by atoms with van der Waals surface area (Å²) in [5.74, 6) is 1.32. The molecule has 6 heteroatoms. The van der Waals surface area contributed by atoms with Gasteiger partial charge in [-0.1, -0.05) is 19.9 Å². The number of hydrogen-bond acceptors (Lipinski definition) is 5. The normalized spacial score (nSPS) is 18.8. The molecule has 106 valence electrons. The summed E-state index contributed by atoms with van der Waals surface area (Å²) >= 11 is 0. The second-order valence-corrected chi connectivity index (χ2v) is 7.50. The Hall–Kier alpha value is -1.14. The molecule has 1 aliphatic heterocycles. The third-order valence-electron chi connectivity index (χ3n) is 3.19. The van der Waals surface area contributed by atoms with Crippen molar-refractivity contribution in [2.75, 3.05) is 29.5 Å². The lowest BCUT2D eigenvalue weighted by Gasteiger charge is -2.27. The molecule has 0 spiro atoms. The van der Waals surface area contributed by atoms with E-state index < -0.39 is 9.84 Å². The van der Waals surface area contributed by atoms with Crippen LogP contribution in [0.4, 0.5) is 5.82 Å². The molecule has 1 aliphatic rings. The Labute approximate surface area is 114 Å². The van der Waals surface area contributed by atoms with Gasteiger partial charge in [0, 0.05) is 31.9 Å². The molecule has 0 amide bonds. The fourth-order valence-corrected chi connectivity index (χ4v) is 3.17. The number of aromatic nitrogens is 1. The smallest absolute Gasteiger partial charge is 0.153 e. The van der Waals surface area contributed by atoms with Crippen molar-refractivity contribution in [2.45, 2.75) is 26.4 Å². The molecule has 0 radical (unpaired) electrons. The van der Waals surface area contributed by atoms with Crippen molar-refractivity contribution in [3.63, 3.8) is 0 Å². The molecule has 19 heavy (non-hydrogen) atoms. The monoisotopic (exact) mass is 283 g/mol. The van der Waals surface area contributed by atoms with E-state index in [1.807, 2.05) is 23.2 Å². The standard InChI is InChI=1S/C13H21N3O2S/c1-11(2)14-9-12-3-4-13(15-10-12)16-5-7-19(17,18)8-6-16/h3-4,10-11,14H,5-9H2,1-2H3. The summed E-state index contributed by atoms with van der Waals surface area (Å²) in [5, 5.41) is 3.34. The zero-order chi connectivity index (χ0) is 13.9. The molecule has 1 saturated heterocycles. The van der Waals surface area contributed by atoms with E-state index in [2.05, 4.69) is 24.1 Å². The van der Waals surface area contributed by atoms with E-state index in [0.717, 1.165) is 17.9 Å². The Morgan fingerprint density at radius 2 is 2.00 bits per heavy atom. The maximum absolute atomic E-state index is 11.4. The highest BCUT2D eigenvalue weighted by Gasteiger charge is 2.22. The fraction of sp³-hybridized carbons (Fsp3) is 0.615. The SMILES string of the molecule is CC(C)NCc1ccc(N2CCS(=O)(=O)CC2)nc1. The van der Waals surface area contributed by atoms with Gasteiger partial charge in [0.05, 0.1) is 11.5 Å². The molecule has 1 N–H and O–H groups in total. The number of anilines is 1. The first kappa shape index (κ1) is 14.3. The van der Waals surface area contributed by atoms with Crippen LogP contribution in [-0.4, -0.2) is 44.0 Å². The molecule has 1 aromatic heterocycles. The molecular formula is C13H21N3O2S. The molecule has 2 heterocycles. The summed E-state index contributed by atoms with van der Waals surface area (Å²) < 4.78 is 22.8. The lowest BCUT2D eigenvalue weighted by molar-refractivity contribution is 0.585. The first-order chi connectivity index (χ1) is 8.96. The largest absolute Gasteiger partial charge is 0.355 e. The lowest BCUT2D eigenvalue weighted by atomic mass is 10.2. The van der Waals surface area contributed by atoms with Crippen LogP contribution in [0.3, 0.4) is 0 Å². The van der Waals surface area contributed by atoms with E-state index in [4.69, 9.17) is 0 Å². The Morgan fingerprint density at radius 1 is 1.32 bits per heavy atom. The van der Waals surface area contributed by atoms with Gasteiger partial charge in [-0.25, -0.2) is 13.4 Å². The third kappa shape index (κ3) is 4.18. The number of sulfone groups is 1. The number of nitrogens with zero attached hydrogens (tertiary/aromatic N) is 2. The summed E-state index contributed by atoms with van der Waals surface area (Å²) in [6.07, 6.45) is 1.85. The number of hydrogen-bond donors (Lipinski definition) is 1. The van der Waals surface area contributed by atoms with Crippen LogP contribution in [0.25, 0.3) is 0 Å². The van der Waals surface area contributed by atoms with Gasteiger partial charge in [-0.2, -0.15) is 0 Å². The zero-order valence-corrected chi connectivity index (χ0v) is 12.3. The molecule has 0 saturated carbocycles. The molecule has 0 atom stereocenters. The van der Waals surface area contributed by atoms with Crippen molar-refractivity contribution in [1.82, 2.24) is 10.3 Å². The van der Waals surface area contributed by atoms with Gasteiger partial charge in [-0.05, 0) is 11.6 Å². The quantitative estimate of drug-likeness (QED) is 0.886. The summed E-state index contributed by atoms with van der Waals surface area (Å²) in [7, 11) is -2.83. The van der Waals surface area contributed by atoms with Gasteiger partial charge >= 0.3 is 0 Å². The minimum absolute atomic E-state index is 0.228. The molecule has 0 aromatic carbocycles. The maximum Gasteiger partial charge on any atom is 0.153 e. The van der Waals surface area contributed by atoms with Crippen LogP contribution in [0, 0.1) is 0 Å². The molecule has 5 nitrogen and oxygen atoms in total. The Morgan fingerprint density at radius 3 is 2.53 bits per heavy atom. The first-order valence-electron chi connectivity index (χ1n) is 6.60. The Balaban J connectivity index is 1.95. The molecule has 1 fully saturated rings. The van der Waals surface area contributed by atoms with Gasteiger partial charge in [0.2, 0.25) is 0 Å². The van der Waals surface area contributed by atoms with Gasteiger partial charge in [-0.3, -0.25) is 0 Å². The summed E-state index contributed by atoms with van der Waals surface area (Å²) in [4.78, 5) is 6.45. The van der Waals surface area contributed by atoms with Gasteiger partial charge < -0.3 is 10.2 Å². The fourth-order valence-electron chi connectivity index (χ4n) is 1.97. The van der Waals surface area contributed by atoms with E-state index in [1.165, 1.54) is 0 Å². The van der Waals surface area contributed by atoms with E-state index >= 15 is 0 Å². The molecular weight excluding hydrogens is 262 g/mol. The van der Waals surface area contributed by atoms with E-state index in [1.54, 1.807) is 0 Å². The van der Waals surface area contributed by atoms with Crippen molar-refractivity contribution >= 4 is 15.7 Å². The van der Waals surface area contributed by atoms with Gasteiger partial charge in [0.1, 0.15) is 5.82 Å². The zero-order valence-electron chi connectivity index (χ0n) is 11.5. The summed E-state index contributed by atoms with van der Waals surface area (Å²) in [5.41, 5.74) is 1.14. The van der Waals surface area contributed by atoms with Gasteiger partial charge in [0.25, 0.3) is 0 Å². The van der Waals surface area contributed by atoms with E-state index in [9.17, 15) is 8.42 Å². The minimum Gasteiger partial charge on any atom is -0.355 e. The second-order valence-electron chi connectivity index (χ2n) is 5.20. The van der Waals surface area contributed by atoms with Crippen molar-refractivity contribution in [1.29, 1.82) is 0 Å². The highest BCUT2D eigenvalue weighted by Crippen LogP contribution is 2.14. The lowest BCUT2D eigenvalue weighted by Crippen LogP contribution is -2.40. The van der Waals surface area contributed by atoms with Gasteiger partial charge in [-0.15, -0.1) is 0 Å². The molecule has 0 bridgehead atoms. The van der Waals surface area contributed by atoms with E-state index in [-0.39, 0.29) is 11.5 Å². The summed E-state index contributed by atoms with van der Waals surface area (Å²) in [6, 6.07) is 4.46.